The number of aromatic nitrogens is 1. The fourth-order valence-electron chi connectivity index (χ4n) is 5.01. The summed E-state index contributed by atoms with van der Waals surface area (Å²) in [4.78, 5) is 4.52. The molecule has 3 heteroatoms. The number of hydrogen-bond acceptors (Lipinski definition) is 3. The molecule has 1 aromatic rings. The highest BCUT2D eigenvalue weighted by Gasteiger charge is 2.52. The number of hydrogen-bond donors (Lipinski definition) is 1. The van der Waals surface area contributed by atoms with Gasteiger partial charge in [-0.1, -0.05) is 6.07 Å². The fourth-order valence-corrected chi connectivity index (χ4v) is 5.01. The van der Waals surface area contributed by atoms with E-state index in [0.29, 0.717) is 6.54 Å². The molecule has 4 saturated carbocycles. The molecule has 5 rings (SSSR count). The maximum absolute atomic E-state index is 6.39. The van der Waals surface area contributed by atoms with E-state index in [0.717, 1.165) is 29.3 Å². The van der Waals surface area contributed by atoms with E-state index >= 15 is 0 Å². The zero-order chi connectivity index (χ0) is 12.9. The molecule has 1 heterocycles. The van der Waals surface area contributed by atoms with Crippen molar-refractivity contribution in [3.05, 3.63) is 23.9 Å². The van der Waals surface area contributed by atoms with Gasteiger partial charge in [0.25, 0.3) is 0 Å². The van der Waals surface area contributed by atoms with Crippen molar-refractivity contribution in [1.82, 2.24) is 4.98 Å². The fraction of sp³-hybridized carbons (Fsp3) is 0.688. The van der Waals surface area contributed by atoms with Gasteiger partial charge in [-0.2, -0.15) is 0 Å². The molecular formula is C16H22N2O. The highest BCUT2D eigenvalue weighted by Crippen LogP contribution is 2.56. The summed E-state index contributed by atoms with van der Waals surface area (Å²) in [5.74, 6) is 3.50. The highest BCUT2D eigenvalue weighted by molar-refractivity contribution is 5.18. The molecule has 0 spiro atoms. The Labute approximate surface area is 114 Å². The van der Waals surface area contributed by atoms with Crippen LogP contribution in [0.3, 0.4) is 0 Å². The molecule has 0 atom stereocenters. The van der Waals surface area contributed by atoms with Crippen molar-refractivity contribution in [3.63, 3.8) is 0 Å². The zero-order valence-electron chi connectivity index (χ0n) is 11.3. The Morgan fingerprint density at radius 2 is 1.74 bits per heavy atom. The van der Waals surface area contributed by atoms with Crippen LogP contribution < -0.4 is 10.5 Å². The molecule has 19 heavy (non-hydrogen) atoms. The Morgan fingerprint density at radius 3 is 2.32 bits per heavy atom. The van der Waals surface area contributed by atoms with Crippen LogP contribution in [0.1, 0.15) is 44.2 Å². The van der Waals surface area contributed by atoms with Gasteiger partial charge in [-0.15, -0.1) is 0 Å². The molecule has 0 saturated heterocycles. The van der Waals surface area contributed by atoms with Crippen molar-refractivity contribution in [2.45, 2.75) is 50.7 Å². The minimum absolute atomic E-state index is 0.0922. The van der Waals surface area contributed by atoms with E-state index in [9.17, 15) is 0 Å². The SMILES string of the molecule is NCc1cccc(OC23CC4CC(CC(C4)C2)C3)n1. The predicted octanol–water partition coefficient (Wildman–Crippen LogP) is 2.89. The van der Waals surface area contributed by atoms with Gasteiger partial charge in [-0.25, -0.2) is 4.98 Å². The maximum atomic E-state index is 6.39. The Kier molecular flexibility index (Phi) is 2.59. The van der Waals surface area contributed by atoms with Crippen LogP contribution in [0.15, 0.2) is 18.2 Å². The maximum Gasteiger partial charge on any atom is 0.214 e. The second-order valence-corrected chi connectivity index (χ2v) is 6.87. The van der Waals surface area contributed by atoms with Crippen LogP contribution in [0.25, 0.3) is 0 Å². The van der Waals surface area contributed by atoms with Crippen molar-refractivity contribution >= 4 is 0 Å². The lowest BCUT2D eigenvalue weighted by Crippen LogP contribution is -2.53. The normalized spacial score (nSPS) is 39.5. The smallest absolute Gasteiger partial charge is 0.214 e. The summed E-state index contributed by atoms with van der Waals surface area (Å²) < 4.78 is 6.39. The molecule has 102 valence electrons. The lowest BCUT2D eigenvalue weighted by atomic mass is 9.54. The lowest BCUT2D eigenvalue weighted by Gasteiger charge is -2.55. The molecule has 0 unspecified atom stereocenters. The van der Waals surface area contributed by atoms with Gasteiger partial charge in [0.1, 0.15) is 5.60 Å². The van der Waals surface area contributed by atoms with Crippen molar-refractivity contribution < 1.29 is 4.74 Å². The molecule has 4 aliphatic carbocycles. The number of ether oxygens (including phenoxy) is 1. The van der Waals surface area contributed by atoms with Crippen LogP contribution >= 0.6 is 0 Å². The summed E-state index contributed by atoms with van der Waals surface area (Å²) in [6, 6.07) is 5.95. The van der Waals surface area contributed by atoms with Crippen LogP contribution in [0.2, 0.25) is 0 Å². The second kappa shape index (κ2) is 4.20. The van der Waals surface area contributed by atoms with E-state index in [1.54, 1.807) is 0 Å². The quantitative estimate of drug-likeness (QED) is 0.907. The van der Waals surface area contributed by atoms with Crippen LogP contribution in [0.5, 0.6) is 5.88 Å². The molecule has 1 aromatic heterocycles. The van der Waals surface area contributed by atoms with E-state index in [2.05, 4.69) is 4.98 Å². The first-order chi connectivity index (χ1) is 9.25. The van der Waals surface area contributed by atoms with Gasteiger partial charge in [0.2, 0.25) is 5.88 Å². The van der Waals surface area contributed by atoms with E-state index in [-0.39, 0.29) is 5.60 Å². The second-order valence-electron chi connectivity index (χ2n) is 6.87. The number of nitrogens with two attached hydrogens (primary N) is 1. The van der Waals surface area contributed by atoms with Gasteiger partial charge in [0, 0.05) is 12.6 Å². The molecule has 0 radical (unpaired) electrons. The first-order valence-electron chi connectivity index (χ1n) is 7.60. The van der Waals surface area contributed by atoms with Gasteiger partial charge in [-0.05, 0) is 62.3 Å². The van der Waals surface area contributed by atoms with Gasteiger partial charge in [-0.3, -0.25) is 0 Å². The minimum Gasteiger partial charge on any atom is -0.471 e. The lowest BCUT2D eigenvalue weighted by molar-refractivity contribution is -0.109. The van der Waals surface area contributed by atoms with Crippen molar-refractivity contribution in [2.75, 3.05) is 0 Å². The molecule has 4 aliphatic rings. The largest absolute Gasteiger partial charge is 0.471 e. The van der Waals surface area contributed by atoms with Crippen LogP contribution in [-0.4, -0.2) is 10.6 Å². The highest BCUT2D eigenvalue weighted by atomic mass is 16.5. The Hall–Kier alpha value is -1.09. The number of nitrogens with zero attached hydrogens (tertiary/aromatic N) is 1. The van der Waals surface area contributed by atoms with Crippen LogP contribution in [0, 0.1) is 17.8 Å². The summed E-state index contributed by atoms with van der Waals surface area (Å²) in [6.45, 7) is 0.484. The standard InChI is InChI=1S/C16H22N2O/c17-10-14-2-1-3-15(18-14)19-16-7-11-4-12(8-16)6-13(5-11)9-16/h1-3,11-13H,4-10,17H2. The summed E-state index contributed by atoms with van der Waals surface area (Å²) in [5, 5.41) is 0. The topological polar surface area (TPSA) is 48.1 Å². The third-order valence-electron chi connectivity index (χ3n) is 5.29. The van der Waals surface area contributed by atoms with Gasteiger partial charge in [0.15, 0.2) is 0 Å². The van der Waals surface area contributed by atoms with E-state index in [1.165, 1.54) is 38.5 Å². The molecule has 4 fully saturated rings. The van der Waals surface area contributed by atoms with Crippen molar-refractivity contribution in [1.29, 1.82) is 0 Å². The van der Waals surface area contributed by atoms with E-state index in [4.69, 9.17) is 10.5 Å². The van der Waals surface area contributed by atoms with E-state index < -0.39 is 0 Å². The average molecular weight is 258 g/mol. The van der Waals surface area contributed by atoms with Gasteiger partial charge >= 0.3 is 0 Å². The molecule has 2 N–H and O–H groups in total. The summed E-state index contributed by atoms with van der Waals surface area (Å²) in [5.41, 5.74) is 6.67. The number of pyridine rings is 1. The van der Waals surface area contributed by atoms with Crippen LogP contribution in [-0.2, 0) is 6.54 Å². The van der Waals surface area contributed by atoms with Gasteiger partial charge in [0.05, 0.1) is 5.69 Å². The third-order valence-corrected chi connectivity index (χ3v) is 5.29. The average Bonchev–Trinajstić information content (AvgIpc) is 2.36. The summed E-state index contributed by atoms with van der Waals surface area (Å²) in [7, 11) is 0. The first-order valence-corrected chi connectivity index (χ1v) is 7.60. The molecule has 0 aliphatic heterocycles. The molecular weight excluding hydrogens is 236 g/mol. The Bertz CT molecular complexity index is 450. The minimum atomic E-state index is 0.0922. The Morgan fingerprint density at radius 1 is 1.11 bits per heavy atom. The van der Waals surface area contributed by atoms with Gasteiger partial charge < -0.3 is 10.5 Å². The van der Waals surface area contributed by atoms with E-state index in [1.807, 2.05) is 18.2 Å². The number of rotatable bonds is 3. The molecule has 4 bridgehead atoms. The monoisotopic (exact) mass is 258 g/mol. The molecule has 0 amide bonds. The molecule has 0 aromatic carbocycles. The summed E-state index contributed by atoms with van der Waals surface area (Å²) in [6.07, 6.45) is 8.06. The molecule has 3 nitrogen and oxygen atoms in total. The predicted molar refractivity (Wildman–Crippen MR) is 73.7 cm³/mol. The zero-order valence-corrected chi connectivity index (χ0v) is 11.3. The first kappa shape index (κ1) is 11.7. The van der Waals surface area contributed by atoms with Crippen molar-refractivity contribution in [3.8, 4) is 5.88 Å². The third kappa shape index (κ3) is 2.04. The summed E-state index contributed by atoms with van der Waals surface area (Å²) >= 11 is 0. The van der Waals surface area contributed by atoms with Crippen molar-refractivity contribution in [2.24, 2.45) is 23.5 Å². The van der Waals surface area contributed by atoms with Crippen LogP contribution in [0.4, 0.5) is 0 Å². The Balaban J connectivity index is 1.58.